The van der Waals surface area contributed by atoms with Crippen LogP contribution in [0.1, 0.15) is 69.0 Å². The molecule has 6 rings (SSSR count). The number of benzene rings is 1. The predicted octanol–water partition coefficient (Wildman–Crippen LogP) is 4.98. The van der Waals surface area contributed by atoms with Gasteiger partial charge in [-0.25, -0.2) is 0 Å². The van der Waals surface area contributed by atoms with Gasteiger partial charge in [-0.1, -0.05) is 42.1 Å². The van der Waals surface area contributed by atoms with Gasteiger partial charge in [0.05, 0.1) is 6.54 Å². The highest BCUT2D eigenvalue weighted by atomic mass is 32.2. The zero-order chi connectivity index (χ0) is 20.7. The van der Waals surface area contributed by atoms with Gasteiger partial charge in [-0.15, -0.1) is 10.2 Å². The fourth-order valence-electron chi connectivity index (χ4n) is 6.54. The first kappa shape index (κ1) is 20.1. The number of nitrogens with one attached hydrogen (secondary N) is 1. The monoisotopic (exact) mass is 424 g/mol. The van der Waals surface area contributed by atoms with Crippen LogP contribution < -0.4 is 5.32 Å². The van der Waals surface area contributed by atoms with Gasteiger partial charge in [0.2, 0.25) is 5.91 Å². The van der Waals surface area contributed by atoms with Crippen LogP contribution in [0.4, 0.5) is 0 Å². The van der Waals surface area contributed by atoms with E-state index in [1.807, 2.05) is 6.07 Å². The van der Waals surface area contributed by atoms with E-state index in [1.165, 1.54) is 24.8 Å². The van der Waals surface area contributed by atoms with Gasteiger partial charge in [-0.2, -0.15) is 0 Å². The predicted molar refractivity (Wildman–Crippen MR) is 119 cm³/mol. The SMILES string of the molecule is CCn1c(CNC(=O)C23CC4CC(CC(C4)C2)C3)nnc1S[C@H](C)c1ccccc1. The molecule has 30 heavy (non-hydrogen) atoms. The first-order chi connectivity index (χ1) is 14.6. The van der Waals surface area contributed by atoms with Gasteiger partial charge >= 0.3 is 0 Å². The molecule has 4 aliphatic carbocycles. The fraction of sp³-hybridized carbons (Fsp3) is 0.625. The molecule has 2 aromatic rings. The van der Waals surface area contributed by atoms with E-state index >= 15 is 0 Å². The molecule has 4 aliphatic rings. The largest absolute Gasteiger partial charge is 0.348 e. The average Bonchev–Trinajstić information content (AvgIpc) is 3.13. The highest BCUT2D eigenvalue weighted by molar-refractivity contribution is 7.99. The van der Waals surface area contributed by atoms with E-state index in [2.05, 4.69) is 58.2 Å². The number of aromatic nitrogens is 3. The molecule has 0 aliphatic heterocycles. The first-order valence-electron chi connectivity index (χ1n) is 11.5. The lowest BCUT2D eigenvalue weighted by atomic mass is 9.49. The van der Waals surface area contributed by atoms with E-state index in [0.717, 1.165) is 54.5 Å². The summed E-state index contributed by atoms with van der Waals surface area (Å²) < 4.78 is 2.14. The summed E-state index contributed by atoms with van der Waals surface area (Å²) in [5, 5.41) is 13.4. The Bertz CT molecular complexity index is 874. The Morgan fingerprint density at radius 1 is 1.13 bits per heavy atom. The summed E-state index contributed by atoms with van der Waals surface area (Å²) in [5.41, 5.74) is 1.18. The maximum absolute atomic E-state index is 13.3. The van der Waals surface area contributed by atoms with Gasteiger partial charge < -0.3 is 9.88 Å². The van der Waals surface area contributed by atoms with Crippen LogP contribution in [-0.2, 0) is 17.9 Å². The standard InChI is InChI=1S/C24H32N4OS/c1-3-28-21(26-27-23(28)30-16(2)20-7-5-4-6-8-20)15-25-22(29)24-12-17-9-18(13-24)11-19(10-17)14-24/h4-8,16-19H,3,9-15H2,1-2H3,(H,25,29)/t16-,17?,18?,19?,24?/m1/s1. The van der Waals surface area contributed by atoms with Crippen molar-refractivity contribution in [2.24, 2.45) is 23.2 Å². The smallest absolute Gasteiger partial charge is 0.226 e. The topological polar surface area (TPSA) is 59.8 Å². The zero-order valence-electron chi connectivity index (χ0n) is 18.0. The van der Waals surface area contributed by atoms with Gasteiger partial charge in [-0.3, -0.25) is 4.79 Å². The summed E-state index contributed by atoms with van der Waals surface area (Å²) in [6, 6.07) is 10.5. The van der Waals surface area contributed by atoms with Gasteiger partial charge in [0, 0.05) is 17.2 Å². The van der Waals surface area contributed by atoms with Crippen molar-refractivity contribution >= 4 is 17.7 Å². The second-order valence-corrected chi connectivity index (χ2v) is 11.0. The van der Waals surface area contributed by atoms with E-state index in [1.54, 1.807) is 11.8 Å². The normalized spacial score (nSPS) is 30.4. The second-order valence-electron chi connectivity index (χ2n) is 9.69. The minimum atomic E-state index is -0.106. The maximum atomic E-state index is 13.3. The Kier molecular flexibility index (Phi) is 5.38. The van der Waals surface area contributed by atoms with Crippen LogP contribution in [0.15, 0.2) is 35.5 Å². The van der Waals surface area contributed by atoms with Crippen molar-refractivity contribution in [2.75, 3.05) is 0 Å². The Labute approximate surface area is 183 Å². The van der Waals surface area contributed by atoms with Gasteiger partial charge in [0.15, 0.2) is 11.0 Å². The van der Waals surface area contributed by atoms with Crippen molar-refractivity contribution in [1.82, 2.24) is 20.1 Å². The van der Waals surface area contributed by atoms with Crippen molar-refractivity contribution < 1.29 is 4.79 Å². The van der Waals surface area contributed by atoms with E-state index < -0.39 is 0 Å². The molecule has 1 amide bonds. The molecule has 1 aromatic carbocycles. The molecule has 5 nitrogen and oxygen atoms in total. The number of hydrogen-bond donors (Lipinski definition) is 1. The number of carbonyl (C=O) groups excluding carboxylic acids is 1. The molecule has 1 N–H and O–H groups in total. The molecule has 4 bridgehead atoms. The Morgan fingerprint density at radius 3 is 2.37 bits per heavy atom. The van der Waals surface area contributed by atoms with Crippen LogP contribution in [0.25, 0.3) is 0 Å². The molecule has 4 saturated carbocycles. The summed E-state index contributed by atoms with van der Waals surface area (Å²) in [6.45, 7) is 5.59. The lowest BCUT2D eigenvalue weighted by molar-refractivity contribution is -0.146. The number of amides is 1. The number of carbonyl (C=O) groups is 1. The number of rotatable bonds is 7. The molecule has 0 radical (unpaired) electrons. The summed E-state index contributed by atoms with van der Waals surface area (Å²) in [6.07, 6.45) is 7.37. The zero-order valence-corrected chi connectivity index (χ0v) is 18.8. The molecule has 1 atom stereocenters. The van der Waals surface area contributed by atoms with Crippen LogP contribution in [0.3, 0.4) is 0 Å². The number of nitrogens with zero attached hydrogens (tertiary/aromatic N) is 3. The molecule has 160 valence electrons. The molecule has 6 heteroatoms. The average molecular weight is 425 g/mol. The molecule has 0 unspecified atom stereocenters. The third-order valence-electron chi connectivity index (χ3n) is 7.59. The first-order valence-corrected chi connectivity index (χ1v) is 12.4. The summed E-state index contributed by atoms with van der Waals surface area (Å²) >= 11 is 1.73. The fourth-order valence-corrected chi connectivity index (χ4v) is 7.60. The summed E-state index contributed by atoms with van der Waals surface area (Å²) in [7, 11) is 0. The van der Waals surface area contributed by atoms with Gasteiger partial charge in [0.25, 0.3) is 0 Å². The van der Waals surface area contributed by atoms with E-state index in [4.69, 9.17) is 0 Å². The van der Waals surface area contributed by atoms with E-state index in [9.17, 15) is 4.79 Å². The quantitative estimate of drug-likeness (QED) is 0.637. The lowest BCUT2D eigenvalue weighted by Crippen LogP contribution is -2.53. The third kappa shape index (κ3) is 3.68. The van der Waals surface area contributed by atoms with Crippen molar-refractivity contribution in [3.05, 3.63) is 41.7 Å². The van der Waals surface area contributed by atoms with Crippen LogP contribution in [-0.4, -0.2) is 20.7 Å². The Morgan fingerprint density at radius 2 is 1.77 bits per heavy atom. The lowest BCUT2D eigenvalue weighted by Gasteiger charge is -2.55. The van der Waals surface area contributed by atoms with Crippen LogP contribution in [0, 0.1) is 23.2 Å². The molecular formula is C24H32N4OS. The van der Waals surface area contributed by atoms with Gasteiger partial charge in [-0.05, 0) is 75.7 Å². The highest BCUT2D eigenvalue weighted by Gasteiger charge is 2.54. The molecule has 4 fully saturated rings. The highest BCUT2D eigenvalue weighted by Crippen LogP contribution is 2.60. The minimum Gasteiger partial charge on any atom is -0.348 e. The van der Waals surface area contributed by atoms with Crippen LogP contribution in [0.2, 0.25) is 0 Å². The number of thioether (sulfide) groups is 1. The molecule has 0 saturated heterocycles. The van der Waals surface area contributed by atoms with Crippen molar-refractivity contribution in [3.63, 3.8) is 0 Å². The number of hydrogen-bond acceptors (Lipinski definition) is 4. The van der Waals surface area contributed by atoms with Crippen LogP contribution >= 0.6 is 11.8 Å². The van der Waals surface area contributed by atoms with E-state index in [0.29, 0.717) is 11.8 Å². The van der Waals surface area contributed by atoms with Gasteiger partial charge in [0.1, 0.15) is 0 Å². The molecule has 0 spiro atoms. The maximum Gasteiger partial charge on any atom is 0.226 e. The van der Waals surface area contributed by atoms with Crippen molar-refractivity contribution in [1.29, 1.82) is 0 Å². The molecule has 1 heterocycles. The Hall–Kier alpha value is -1.82. The van der Waals surface area contributed by atoms with Crippen LogP contribution in [0.5, 0.6) is 0 Å². The summed E-state index contributed by atoms with van der Waals surface area (Å²) in [5.74, 6) is 3.47. The minimum absolute atomic E-state index is 0.106. The van der Waals surface area contributed by atoms with E-state index in [-0.39, 0.29) is 11.3 Å². The third-order valence-corrected chi connectivity index (χ3v) is 8.73. The second kappa shape index (κ2) is 8.03. The Balaban J connectivity index is 1.25. The van der Waals surface area contributed by atoms with Crippen molar-refractivity contribution in [3.8, 4) is 0 Å². The molecule has 1 aromatic heterocycles. The molecular weight excluding hydrogens is 392 g/mol. The van der Waals surface area contributed by atoms with Crippen molar-refractivity contribution in [2.45, 2.75) is 75.9 Å². The summed E-state index contributed by atoms with van der Waals surface area (Å²) in [4.78, 5) is 13.3.